The molecule has 23 heavy (non-hydrogen) atoms. The number of carbonyl (C=O) groups excluding carboxylic acids is 1. The van der Waals surface area contributed by atoms with E-state index in [2.05, 4.69) is 20.6 Å². The van der Waals surface area contributed by atoms with Crippen LogP contribution in [0, 0.1) is 0 Å². The van der Waals surface area contributed by atoms with Crippen molar-refractivity contribution in [2.45, 2.75) is 6.54 Å². The number of anilines is 1. The summed E-state index contributed by atoms with van der Waals surface area (Å²) in [7, 11) is 1.77. The Bertz CT molecular complexity index is 801. The van der Waals surface area contributed by atoms with Gasteiger partial charge in [0.25, 0.3) is 5.91 Å². The highest BCUT2D eigenvalue weighted by Crippen LogP contribution is 2.26. The van der Waals surface area contributed by atoms with Crippen LogP contribution in [0.3, 0.4) is 0 Å². The number of hydrogen-bond acceptors (Lipinski definition) is 5. The summed E-state index contributed by atoms with van der Waals surface area (Å²) in [6.45, 7) is 0.518. The lowest BCUT2D eigenvalue weighted by molar-refractivity contribution is 0.0955. The zero-order chi connectivity index (χ0) is 16.1. The third-order valence-electron chi connectivity index (χ3n) is 3.26. The summed E-state index contributed by atoms with van der Waals surface area (Å²) in [6.07, 6.45) is 1.70. The lowest BCUT2D eigenvalue weighted by Crippen LogP contribution is -2.21. The zero-order valence-electron chi connectivity index (χ0n) is 12.6. The SMILES string of the molecule is CNc1nccc(-c2ccc(C(=O)NCc3ccccc3)s2)n1. The molecule has 0 atom stereocenters. The highest BCUT2D eigenvalue weighted by molar-refractivity contribution is 7.17. The fourth-order valence-electron chi connectivity index (χ4n) is 2.08. The molecule has 0 fully saturated rings. The summed E-state index contributed by atoms with van der Waals surface area (Å²) in [4.78, 5) is 22.3. The molecule has 0 aliphatic rings. The normalized spacial score (nSPS) is 10.3. The van der Waals surface area contributed by atoms with Crippen molar-refractivity contribution in [3.8, 4) is 10.6 Å². The van der Waals surface area contributed by atoms with Gasteiger partial charge in [0, 0.05) is 19.8 Å². The summed E-state index contributed by atoms with van der Waals surface area (Å²) in [5.74, 6) is 0.485. The van der Waals surface area contributed by atoms with Crippen LogP contribution in [0.2, 0.25) is 0 Å². The first-order chi connectivity index (χ1) is 11.3. The third-order valence-corrected chi connectivity index (χ3v) is 4.36. The van der Waals surface area contributed by atoms with E-state index < -0.39 is 0 Å². The number of aromatic nitrogens is 2. The van der Waals surface area contributed by atoms with Gasteiger partial charge in [-0.3, -0.25) is 4.79 Å². The molecule has 0 spiro atoms. The van der Waals surface area contributed by atoms with E-state index in [4.69, 9.17) is 0 Å². The maximum Gasteiger partial charge on any atom is 0.261 e. The molecule has 3 rings (SSSR count). The molecule has 116 valence electrons. The van der Waals surface area contributed by atoms with Gasteiger partial charge in [0.1, 0.15) is 0 Å². The van der Waals surface area contributed by atoms with E-state index in [0.29, 0.717) is 17.4 Å². The molecule has 0 unspecified atom stereocenters. The predicted octanol–water partition coefficient (Wildman–Crippen LogP) is 3.18. The second-order valence-corrected chi connectivity index (χ2v) is 5.93. The van der Waals surface area contributed by atoms with Gasteiger partial charge in [-0.25, -0.2) is 9.97 Å². The fraction of sp³-hybridized carbons (Fsp3) is 0.118. The van der Waals surface area contributed by atoms with Gasteiger partial charge in [-0.05, 0) is 23.8 Å². The molecule has 0 radical (unpaired) electrons. The Hall–Kier alpha value is -2.73. The number of carbonyl (C=O) groups is 1. The minimum Gasteiger partial charge on any atom is -0.357 e. The lowest BCUT2D eigenvalue weighted by atomic mass is 10.2. The number of rotatable bonds is 5. The number of nitrogens with zero attached hydrogens (tertiary/aromatic N) is 2. The number of thiophene rings is 1. The Labute approximate surface area is 138 Å². The lowest BCUT2D eigenvalue weighted by Gasteiger charge is -2.03. The molecule has 0 aliphatic carbocycles. The van der Waals surface area contributed by atoms with E-state index in [1.54, 1.807) is 13.2 Å². The first-order valence-corrected chi connectivity index (χ1v) is 8.01. The fourth-order valence-corrected chi connectivity index (χ4v) is 2.97. The van der Waals surface area contributed by atoms with E-state index in [1.807, 2.05) is 48.5 Å². The van der Waals surface area contributed by atoms with Crippen molar-refractivity contribution < 1.29 is 4.79 Å². The molecular formula is C17H16N4OS. The quantitative estimate of drug-likeness (QED) is 0.756. The van der Waals surface area contributed by atoms with Crippen molar-refractivity contribution in [2.75, 3.05) is 12.4 Å². The van der Waals surface area contributed by atoms with Gasteiger partial charge in [-0.15, -0.1) is 11.3 Å². The van der Waals surface area contributed by atoms with Crippen LogP contribution in [0.5, 0.6) is 0 Å². The molecule has 5 nitrogen and oxygen atoms in total. The average Bonchev–Trinajstić information content (AvgIpc) is 3.11. The zero-order valence-corrected chi connectivity index (χ0v) is 13.4. The van der Waals surface area contributed by atoms with Crippen molar-refractivity contribution in [2.24, 2.45) is 0 Å². The molecule has 1 amide bonds. The minimum absolute atomic E-state index is 0.0759. The van der Waals surface area contributed by atoms with Crippen molar-refractivity contribution in [1.82, 2.24) is 15.3 Å². The monoisotopic (exact) mass is 324 g/mol. The molecule has 0 saturated heterocycles. The van der Waals surface area contributed by atoms with Crippen molar-refractivity contribution >= 4 is 23.2 Å². The Morgan fingerprint density at radius 1 is 1.13 bits per heavy atom. The maximum absolute atomic E-state index is 12.2. The van der Waals surface area contributed by atoms with E-state index in [0.717, 1.165) is 16.1 Å². The Balaban J connectivity index is 1.69. The van der Waals surface area contributed by atoms with Crippen molar-refractivity contribution in [3.63, 3.8) is 0 Å². The molecular weight excluding hydrogens is 308 g/mol. The molecule has 0 aliphatic heterocycles. The molecule has 1 aromatic carbocycles. The minimum atomic E-state index is -0.0759. The molecule has 0 saturated carbocycles. The van der Waals surface area contributed by atoms with Crippen LogP contribution in [0.25, 0.3) is 10.6 Å². The van der Waals surface area contributed by atoms with Crippen LogP contribution in [0.15, 0.2) is 54.7 Å². The molecule has 0 bridgehead atoms. The molecule has 6 heteroatoms. The first-order valence-electron chi connectivity index (χ1n) is 7.19. The second kappa shape index (κ2) is 7.02. The first kappa shape index (κ1) is 15.2. The smallest absolute Gasteiger partial charge is 0.261 e. The van der Waals surface area contributed by atoms with Gasteiger partial charge in [0.2, 0.25) is 5.95 Å². The Morgan fingerprint density at radius 2 is 1.96 bits per heavy atom. The second-order valence-electron chi connectivity index (χ2n) is 4.85. The predicted molar refractivity (Wildman–Crippen MR) is 92.5 cm³/mol. The number of benzene rings is 1. The Morgan fingerprint density at radius 3 is 2.74 bits per heavy atom. The van der Waals surface area contributed by atoms with Crippen LogP contribution < -0.4 is 10.6 Å². The molecule has 2 heterocycles. The van der Waals surface area contributed by atoms with Gasteiger partial charge in [-0.1, -0.05) is 30.3 Å². The van der Waals surface area contributed by atoms with E-state index in [-0.39, 0.29) is 5.91 Å². The van der Waals surface area contributed by atoms with Crippen LogP contribution in [0.1, 0.15) is 15.2 Å². The summed E-state index contributed by atoms with van der Waals surface area (Å²) in [6, 6.07) is 15.4. The van der Waals surface area contributed by atoms with E-state index >= 15 is 0 Å². The van der Waals surface area contributed by atoms with Crippen LogP contribution >= 0.6 is 11.3 Å². The summed E-state index contributed by atoms with van der Waals surface area (Å²) in [5.41, 5.74) is 1.88. The van der Waals surface area contributed by atoms with Crippen molar-refractivity contribution in [1.29, 1.82) is 0 Å². The molecule has 3 aromatic rings. The standard InChI is InChI=1S/C17H16N4OS/c1-18-17-19-10-9-13(21-17)14-7-8-15(23-14)16(22)20-11-12-5-3-2-4-6-12/h2-10H,11H2,1H3,(H,20,22)(H,18,19,21). The van der Waals surface area contributed by atoms with Crippen LogP contribution in [-0.4, -0.2) is 22.9 Å². The number of nitrogens with one attached hydrogen (secondary N) is 2. The van der Waals surface area contributed by atoms with Crippen LogP contribution in [0.4, 0.5) is 5.95 Å². The molecule has 2 aromatic heterocycles. The van der Waals surface area contributed by atoms with E-state index in [9.17, 15) is 4.79 Å². The van der Waals surface area contributed by atoms with Gasteiger partial charge in [0.15, 0.2) is 0 Å². The summed E-state index contributed by atoms with van der Waals surface area (Å²) >= 11 is 1.42. The average molecular weight is 324 g/mol. The molecule has 2 N–H and O–H groups in total. The summed E-state index contributed by atoms with van der Waals surface area (Å²) < 4.78 is 0. The summed E-state index contributed by atoms with van der Waals surface area (Å²) in [5, 5.41) is 5.84. The largest absolute Gasteiger partial charge is 0.357 e. The number of amides is 1. The number of hydrogen-bond donors (Lipinski definition) is 2. The van der Waals surface area contributed by atoms with E-state index in [1.165, 1.54) is 11.3 Å². The van der Waals surface area contributed by atoms with Gasteiger partial charge in [0.05, 0.1) is 15.4 Å². The van der Waals surface area contributed by atoms with Gasteiger partial charge < -0.3 is 10.6 Å². The van der Waals surface area contributed by atoms with Gasteiger partial charge >= 0.3 is 0 Å². The Kier molecular flexibility index (Phi) is 4.63. The highest BCUT2D eigenvalue weighted by atomic mass is 32.1. The van der Waals surface area contributed by atoms with Crippen LogP contribution in [-0.2, 0) is 6.54 Å². The third kappa shape index (κ3) is 3.73. The topological polar surface area (TPSA) is 66.9 Å². The maximum atomic E-state index is 12.2. The van der Waals surface area contributed by atoms with Gasteiger partial charge in [-0.2, -0.15) is 0 Å². The highest BCUT2D eigenvalue weighted by Gasteiger charge is 2.11. The van der Waals surface area contributed by atoms with Crippen molar-refractivity contribution in [3.05, 3.63) is 65.2 Å².